The molecule has 0 saturated heterocycles. The molecule has 0 unspecified atom stereocenters. The van der Waals surface area contributed by atoms with E-state index >= 15 is 0 Å². The van der Waals surface area contributed by atoms with E-state index in [1.54, 1.807) is 13.1 Å². The maximum absolute atomic E-state index is 12.6. The fourth-order valence-electron chi connectivity index (χ4n) is 3.63. The molecule has 1 aromatic rings. The molecule has 1 aliphatic carbocycles. The molecule has 0 bridgehead atoms. The molecule has 23 heavy (non-hydrogen) atoms. The van der Waals surface area contributed by atoms with Gasteiger partial charge in [0.1, 0.15) is 0 Å². The second-order valence-electron chi connectivity index (χ2n) is 6.43. The number of hydrogen-bond acceptors (Lipinski definition) is 3. The average Bonchev–Trinajstić information content (AvgIpc) is 3.19. The van der Waals surface area contributed by atoms with Crippen LogP contribution in [0.5, 0.6) is 0 Å². The molecule has 2 N–H and O–H groups in total. The number of nitrogens with one attached hydrogen (secondary N) is 2. The fourth-order valence-corrected chi connectivity index (χ4v) is 3.63. The first-order valence-electron chi connectivity index (χ1n) is 8.57. The van der Waals surface area contributed by atoms with Crippen LogP contribution in [0.4, 0.5) is 0 Å². The minimum Gasteiger partial charge on any atom is -0.355 e. The van der Waals surface area contributed by atoms with Crippen LogP contribution in [-0.4, -0.2) is 42.9 Å². The van der Waals surface area contributed by atoms with E-state index in [0.29, 0.717) is 23.7 Å². The summed E-state index contributed by atoms with van der Waals surface area (Å²) in [4.78, 5) is 26.4. The number of carbonyl (C=O) groups excluding carboxylic acids is 2. The minimum atomic E-state index is -0.194. The zero-order chi connectivity index (χ0) is 16.2. The number of amides is 2. The molecule has 124 valence electrons. The van der Waals surface area contributed by atoms with Crippen molar-refractivity contribution in [2.45, 2.75) is 44.7 Å². The zero-order valence-electron chi connectivity index (χ0n) is 13.7. The SMILES string of the molecule is CNC(=O)c1cccc2c1C(=O)N(CCCNC1CCCC1)C2. The van der Waals surface area contributed by atoms with Crippen molar-refractivity contribution in [1.82, 2.24) is 15.5 Å². The Balaban J connectivity index is 1.56. The van der Waals surface area contributed by atoms with Crippen LogP contribution in [0.25, 0.3) is 0 Å². The number of fused-ring (bicyclic) bond motifs is 1. The maximum Gasteiger partial charge on any atom is 0.255 e. The third kappa shape index (κ3) is 3.39. The molecule has 0 radical (unpaired) electrons. The molecule has 1 fully saturated rings. The minimum absolute atomic E-state index is 0.0138. The summed E-state index contributed by atoms with van der Waals surface area (Å²) in [5.41, 5.74) is 2.03. The predicted octanol–water partition coefficient (Wildman–Crippen LogP) is 1.92. The first-order valence-corrected chi connectivity index (χ1v) is 8.57. The van der Waals surface area contributed by atoms with E-state index in [4.69, 9.17) is 0 Å². The summed E-state index contributed by atoms with van der Waals surface area (Å²) in [6.45, 7) is 2.30. The van der Waals surface area contributed by atoms with Gasteiger partial charge < -0.3 is 15.5 Å². The zero-order valence-corrected chi connectivity index (χ0v) is 13.7. The molecule has 0 spiro atoms. The molecule has 2 aliphatic rings. The van der Waals surface area contributed by atoms with Gasteiger partial charge in [-0.15, -0.1) is 0 Å². The summed E-state index contributed by atoms with van der Waals surface area (Å²) >= 11 is 0. The standard InChI is InChI=1S/C18H25N3O2/c1-19-17(22)15-9-4-6-13-12-21(18(23)16(13)15)11-5-10-20-14-7-2-3-8-14/h4,6,9,14,20H,2-3,5,7-8,10-12H2,1H3,(H,19,22). The van der Waals surface area contributed by atoms with Crippen molar-refractivity contribution in [1.29, 1.82) is 0 Å². The highest BCUT2D eigenvalue weighted by atomic mass is 16.2. The van der Waals surface area contributed by atoms with Crippen molar-refractivity contribution in [3.8, 4) is 0 Å². The molecule has 1 saturated carbocycles. The van der Waals surface area contributed by atoms with Gasteiger partial charge in [0, 0.05) is 26.2 Å². The summed E-state index contributed by atoms with van der Waals surface area (Å²) in [6.07, 6.45) is 6.18. The van der Waals surface area contributed by atoms with Gasteiger partial charge in [-0.3, -0.25) is 9.59 Å². The molecular formula is C18H25N3O2. The third-order valence-corrected chi connectivity index (χ3v) is 4.88. The second kappa shape index (κ2) is 7.13. The molecule has 0 atom stereocenters. The Hall–Kier alpha value is -1.88. The Morgan fingerprint density at radius 3 is 2.83 bits per heavy atom. The molecule has 1 aromatic carbocycles. The number of nitrogens with zero attached hydrogens (tertiary/aromatic N) is 1. The lowest BCUT2D eigenvalue weighted by atomic mass is 10.0. The predicted molar refractivity (Wildman–Crippen MR) is 89.4 cm³/mol. The summed E-state index contributed by atoms with van der Waals surface area (Å²) in [5.74, 6) is -0.208. The van der Waals surface area contributed by atoms with Gasteiger partial charge in [0.15, 0.2) is 0 Å². The van der Waals surface area contributed by atoms with Crippen LogP contribution in [0.2, 0.25) is 0 Å². The molecule has 5 nitrogen and oxygen atoms in total. The van der Waals surface area contributed by atoms with Crippen LogP contribution < -0.4 is 10.6 Å². The van der Waals surface area contributed by atoms with E-state index in [0.717, 1.165) is 25.1 Å². The van der Waals surface area contributed by atoms with Crippen molar-refractivity contribution < 1.29 is 9.59 Å². The van der Waals surface area contributed by atoms with Gasteiger partial charge in [-0.25, -0.2) is 0 Å². The van der Waals surface area contributed by atoms with Gasteiger partial charge in [-0.1, -0.05) is 25.0 Å². The molecule has 2 amide bonds. The summed E-state index contributed by atoms with van der Waals surface area (Å²) in [5, 5.41) is 6.19. The van der Waals surface area contributed by atoms with Crippen molar-refractivity contribution in [3.05, 3.63) is 34.9 Å². The summed E-state index contributed by atoms with van der Waals surface area (Å²) < 4.78 is 0. The van der Waals surface area contributed by atoms with Crippen molar-refractivity contribution >= 4 is 11.8 Å². The molecule has 1 heterocycles. The molecule has 3 rings (SSSR count). The largest absolute Gasteiger partial charge is 0.355 e. The molecule has 1 aliphatic heterocycles. The van der Waals surface area contributed by atoms with E-state index in [9.17, 15) is 9.59 Å². The Kier molecular flexibility index (Phi) is 4.96. The van der Waals surface area contributed by atoms with Gasteiger partial charge in [0.2, 0.25) is 0 Å². The molecular weight excluding hydrogens is 290 g/mol. The smallest absolute Gasteiger partial charge is 0.255 e. The molecule has 0 aromatic heterocycles. The number of hydrogen-bond donors (Lipinski definition) is 2. The summed E-state index contributed by atoms with van der Waals surface area (Å²) in [6, 6.07) is 6.18. The van der Waals surface area contributed by atoms with Crippen LogP contribution in [-0.2, 0) is 6.54 Å². The monoisotopic (exact) mass is 315 g/mol. The topological polar surface area (TPSA) is 61.4 Å². The maximum atomic E-state index is 12.6. The third-order valence-electron chi connectivity index (χ3n) is 4.88. The van der Waals surface area contributed by atoms with Gasteiger partial charge in [0.25, 0.3) is 11.8 Å². The lowest BCUT2D eigenvalue weighted by Crippen LogP contribution is -2.31. The van der Waals surface area contributed by atoms with E-state index in [2.05, 4.69) is 10.6 Å². The van der Waals surface area contributed by atoms with Crippen molar-refractivity contribution in [2.75, 3.05) is 20.1 Å². The van der Waals surface area contributed by atoms with E-state index in [-0.39, 0.29) is 11.8 Å². The van der Waals surface area contributed by atoms with Gasteiger partial charge in [-0.2, -0.15) is 0 Å². The normalized spacial score (nSPS) is 17.6. The van der Waals surface area contributed by atoms with Crippen LogP contribution in [0.3, 0.4) is 0 Å². The first-order chi connectivity index (χ1) is 11.2. The Bertz CT molecular complexity index is 594. The molecule has 5 heteroatoms. The van der Waals surface area contributed by atoms with Crippen LogP contribution in [0.1, 0.15) is 58.4 Å². The first kappa shape index (κ1) is 16.0. The highest BCUT2D eigenvalue weighted by Gasteiger charge is 2.31. The average molecular weight is 315 g/mol. The lowest BCUT2D eigenvalue weighted by Gasteiger charge is -2.17. The number of rotatable bonds is 6. The van der Waals surface area contributed by atoms with E-state index in [1.165, 1.54) is 25.7 Å². The van der Waals surface area contributed by atoms with Crippen LogP contribution in [0.15, 0.2) is 18.2 Å². The van der Waals surface area contributed by atoms with Crippen molar-refractivity contribution in [3.63, 3.8) is 0 Å². The Labute approximate surface area is 137 Å². The highest BCUT2D eigenvalue weighted by Crippen LogP contribution is 2.26. The fraction of sp³-hybridized carbons (Fsp3) is 0.556. The Morgan fingerprint density at radius 2 is 2.09 bits per heavy atom. The van der Waals surface area contributed by atoms with Gasteiger partial charge >= 0.3 is 0 Å². The number of carbonyl (C=O) groups is 2. The second-order valence-corrected chi connectivity index (χ2v) is 6.43. The summed E-state index contributed by atoms with van der Waals surface area (Å²) in [7, 11) is 1.59. The van der Waals surface area contributed by atoms with Crippen molar-refractivity contribution in [2.24, 2.45) is 0 Å². The van der Waals surface area contributed by atoms with Gasteiger partial charge in [-0.05, 0) is 37.4 Å². The van der Waals surface area contributed by atoms with E-state index < -0.39 is 0 Å². The van der Waals surface area contributed by atoms with Crippen LogP contribution >= 0.6 is 0 Å². The lowest BCUT2D eigenvalue weighted by molar-refractivity contribution is 0.0771. The highest BCUT2D eigenvalue weighted by molar-refractivity contribution is 6.09. The van der Waals surface area contributed by atoms with Crippen LogP contribution in [0, 0.1) is 0 Å². The Morgan fingerprint density at radius 1 is 1.30 bits per heavy atom. The quantitative estimate of drug-likeness (QED) is 0.789. The van der Waals surface area contributed by atoms with E-state index in [1.807, 2.05) is 17.0 Å². The number of benzene rings is 1. The van der Waals surface area contributed by atoms with Gasteiger partial charge in [0.05, 0.1) is 11.1 Å².